The molecule has 0 aliphatic rings. The lowest BCUT2D eigenvalue weighted by molar-refractivity contribution is -0.146. The van der Waals surface area contributed by atoms with Gasteiger partial charge in [0.15, 0.2) is 0 Å². The number of carbonyl (C=O) groups is 1. The summed E-state index contributed by atoms with van der Waals surface area (Å²) in [6.45, 7) is 5.60. The zero-order valence-electron chi connectivity index (χ0n) is 9.99. The number of rotatable bonds is 5. The van der Waals surface area contributed by atoms with Crippen molar-refractivity contribution in [1.29, 1.82) is 0 Å². The average molecular weight is 238 g/mol. The second-order valence-electron chi connectivity index (χ2n) is 4.60. The Morgan fingerprint density at radius 1 is 1.44 bits per heavy atom. The Labute approximate surface area is 101 Å². The lowest BCUT2D eigenvalue weighted by atomic mass is 9.91. The predicted molar refractivity (Wildman–Crippen MR) is 67.9 cm³/mol. The minimum atomic E-state index is -0.725. The fourth-order valence-corrected chi connectivity index (χ4v) is 2.53. The van der Waals surface area contributed by atoms with Crippen LogP contribution in [-0.4, -0.2) is 16.8 Å². The highest BCUT2D eigenvalue weighted by Gasteiger charge is 2.26. The first-order valence-corrected chi connectivity index (χ1v) is 6.33. The molecule has 0 saturated heterocycles. The number of carboxylic acids is 1. The lowest BCUT2D eigenvalue weighted by Gasteiger charge is -2.18. The van der Waals surface area contributed by atoms with Crippen molar-refractivity contribution in [2.75, 3.05) is 5.75 Å². The van der Waals surface area contributed by atoms with Gasteiger partial charge in [0.05, 0.1) is 5.41 Å². The predicted octanol–water partition coefficient (Wildman–Crippen LogP) is 3.59. The molecule has 0 heterocycles. The van der Waals surface area contributed by atoms with Crippen molar-refractivity contribution in [3.05, 3.63) is 29.8 Å². The summed E-state index contributed by atoms with van der Waals surface area (Å²) in [7, 11) is 0. The number of hydrogen-bond donors (Lipinski definition) is 1. The Bertz CT molecular complexity index is 372. The van der Waals surface area contributed by atoms with E-state index in [-0.39, 0.29) is 0 Å². The summed E-state index contributed by atoms with van der Waals surface area (Å²) < 4.78 is 0. The van der Waals surface area contributed by atoms with Gasteiger partial charge in [0, 0.05) is 4.90 Å². The molecule has 0 atom stereocenters. The molecule has 1 aromatic rings. The van der Waals surface area contributed by atoms with Gasteiger partial charge in [0.1, 0.15) is 0 Å². The Balaban J connectivity index is 2.45. The molecule has 1 N–H and O–H groups in total. The molecule has 0 saturated carbocycles. The molecule has 2 nitrogen and oxygen atoms in total. The first-order valence-electron chi connectivity index (χ1n) is 5.35. The van der Waals surface area contributed by atoms with Gasteiger partial charge in [0.25, 0.3) is 0 Å². The van der Waals surface area contributed by atoms with Gasteiger partial charge in [-0.15, -0.1) is 11.8 Å². The van der Waals surface area contributed by atoms with Crippen molar-refractivity contribution >= 4 is 17.7 Å². The van der Waals surface area contributed by atoms with E-state index in [9.17, 15) is 4.79 Å². The van der Waals surface area contributed by atoms with Crippen LogP contribution in [0.15, 0.2) is 29.2 Å². The summed E-state index contributed by atoms with van der Waals surface area (Å²) in [5, 5.41) is 8.97. The molecule has 0 aromatic heterocycles. The van der Waals surface area contributed by atoms with E-state index in [1.807, 2.05) is 6.07 Å². The molecule has 0 aliphatic carbocycles. The van der Waals surface area contributed by atoms with Crippen LogP contribution in [0.3, 0.4) is 0 Å². The topological polar surface area (TPSA) is 37.3 Å². The normalized spacial score (nSPS) is 11.4. The summed E-state index contributed by atoms with van der Waals surface area (Å²) >= 11 is 1.72. The Hall–Kier alpha value is -0.960. The number of thioether (sulfide) groups is 1. The van der Waals surface area contributed by atoms with Crippen LogP contribution in [0.25, 0.3) is 0 Å². The number of aryl methyl sites for hydroxylation is 1. The monoisotopic (exact) mass is 238 g/mol. The van der Waals surface area contributed by atoms with Crippen molar-refractivity contribution in [2.45, 2.75) is 32.1 Å². The van der Waals surface area contributed by atoms with Crippen LogP contribution in [0.4, 0.5) is 0 Å². The van der Waals surface area contributed by atoms with Crippen LogP contribution in [0.2, 0.25) is 0 Å². The van der Waals surface area contributed by atoms with Crippen LogP contribution in [0.1, 0.15) is 25.8 Å². The molecule has 16 heavy (non-hydrogen) atoms. The average Bonchev–Trinajstić information content (AvgIpc) is 2.17. The third kappa shape index (κ3) is 3.89. The maximum atomic E-state index is 10.9. The number of carboxylic acid groups (broad SMARTS) is 1. The maximum absolute atomic E-state index is 10.9. The van der Waals surface area contributed by atoms with E-state index in [1.54, 1.807) is 25.6 Å². The molecule has 0 bridgehead atoms. The highest BCUT2D eigenvalue weighted by molar-refractivity contribution is 7.99. The van der Waals surface area contributed by atoms with Crippen LogP contribution >= 0.6 is 11.8 Å². The molecule has 0 fully saturated rings. The molecule has 1 rings (SSSR count). The van der Waals surface area contributed by atoms with Gasteiger partial charge < -0.3 is 5.11 Å². The van der Waals surface area contributed by atoms with Crippen molar-refractivity contribution in [2.24, 2.45) is 5.41 Å². The van der Waals surface area contributed by atoms with Gasteiger partial charge in [-0.05, 0) is 45.1 Å². The minimum Gasteiger partial charge on any atom is -0.481 e. The van der Waals surface area contributed by atoms with E-state index in [2.05, 4.69) is 25.1 Å². The summed E-state index contributed by atoms with van der Waals surface area (Å²) in [4.78, 5) is 12.1. The van der Waals surface area contributed by atoms with Gasteiger partial charge in [-0.1, -0.05) is 17.7 Å². The van der Waals surface area contributed by atoms with Gasteiger partial charge in [0.2, 0.25) is 0 Å². The fraction of sp³-hybridized carbons (Fsp3) is 0.462. The Kier molecular flexibility index (Phi) is 4.42. The number of hydrogen-bond acceptors (Lipinski definition) is 2. The quantitative estimate of drug-likeness (QED) is 0.796. The van der Waals surface area contributed by atoms with E-state index < -0.39 is 11.4 Å². The SMILES string of the molecule is Cc1cccc(SCCC(C)(C)C(=O)O)c1. The van der Waals surface area contributed by atoms with Gasteiger partial charge in [-0.2, -0.15) is 0 Å². The van der Waals surface area contributed by atoms with Crippen molar-refractivity contribution < 1.29 is 9.90 Å². The molecule has 0 radical (unpaired) electrons. The van der Waals surface area contributed by atoms with E-state index in [1.165, 1.54) is 10.5 Å². The second kappa shape index (κ2) is 5.39. The smallest absolute Gasteiger partial charge is 0.309 e. The van der Waals surface area contributed by atoms with Gasteiger partial charge in [-0.25, -0.2) is 0 Å². The Morgan fingerprint density at radius 2 is 2.12 bits per heavy atom. The molecule has 0 aliphatic heterocycles. The summed E-state index contributed by atoms with van der Waals surface area (Å²) in [6.07, 6.45) is 0.681. The minimum absolute atomic E-state index is 0.628. The third-order valence-corrected chi connectivity index (χ3v) is 3.56. The lowest BCUT2D eigenvalue weighted by Crippen LogP contribution is -2.24. The zero-order valence-corrected chi connectivity index (χ0v) is 10.8. The van der Waals surface area contributed by atoms with Gasteiger partial charge >= 0.3 is 5.97 Å². The van der Waals surface area contributed by atoms with E-state index >= 15 is 0 Å². The molecular weight excluding hydrogens is 220 g/mol. The second-order valence-corrected chi connectivity index (χ2v) is 5.77. The van der Waals surface area contributed by atoms with Crippen molar-refractivity contribution in [3.8, 4) is 0 Å². The maximum Gasteiger partial charge on any atom is 0.309 e. The number of aliphatic carboxylic acids is 1. The zero-order chi connectivity index (χ0) is 12.2. The molecule has 0 unspecified atom stereocenters. The highest BCUT2D eigenvalue weighted by atomic mass is 32.2. The first kappa shape index (κ1) is 13.1. The number of benzene rings is 1. The summed E-state index contributed by atoms with van der Waals surface area (Å²) in [5.74, 6) is 0.111. The molecule has 88 valence electrons. The fourth-order valence-electron chi connectivity index (χ4n) is 1.24. The molecule has 0 amide bonds. The largest absolute Gasteiger partial charge is 0.481 e. The van der Waals surface area contributed by atoms with Crippen LogP contribution in [0, 0.1) is 12.3 Å². The molecule has 0 spiro atoms. The summed E-state index contributed by atoms with van der Waals surface area (Å²) in [5.41, 5.74) is 0.610. The van der Waals surface area contributed by atoms with Crippen LogP contribution in [-0.2, 0) is 4.79 Å². The highest BCUT2D eigenvalue weighted by Crippen LogP contribution is 2.27. The van der Waals surface area contributed by atoms with E-state index in [0.29, 0.717) is 6.42 Å². The third-order valence-electron chi connectivity index (χ3n) is 2.56. The van der Waals surface area contributed by atoms with E-state index in [0.717, 1.165) is 5.75 Å². The standard InChI is InChI=1S/C13H18O2S/c1-10-5-4-6-11(9-10)16-8-7-13(2,3)12(14)15/h4-6,9H,7-8H2,1-3H3,(H,14,15). The van der Waals surface area contributed by atoms with Gasteiger partial charge in [-0.3, -0.25) is 4.79 Å². The molecule has 3 heteroatoms. The Morgan fingerprint density at radius 3 is 2.69 bits per heavy atom. The van der Waals surface area contributed by atoms with Crippen molar-refractivity contribution in [3.63, 3.8) is 0 Å². The molecular formula is C13H18O2S. The van der Waals surface area contributed by atoms with Crippen LogP contribution < -0.4 is 0 Å². The van der Waals surface area contributed by atoms with E-state index in [4.69, 9.17) is 5.11 Å². The summed E-state index contributed by atoms with van der Waals surface area (Å²) in [6, 6.07) is 8.27. The first-order chi connectivity index (χ1) is 7.42. The molecule has 1 aromatic carbocycles. The van der Waals surface area contributed by atoms with Crippen molar-refractivity contribution in [1.82, 2.24) is 0 Å². The van der Waals surface area contributed by atoms with Crippen LogP contribution in [0.5, 0.6) is 0 Å².